The summed E-state index contributed by atoms with van der Waals surface area (Å²) in [4.78, 5) is 17.0. The minimum atomic E-state index is -0.707. The van der Waals surface area contributed by atoms with Crippen LogP contribution in [0.4, 0.5) is 6.01 Å². The van der Waals surface area contributed by atoms with Gasteiger partial charge in [0.2, 0.25) is 0 Å². The van der Waals surface area contributed by atoms with Crippen LogP contribution in [0.15, 0.2) is 4.52 Å². The number of carboxylic acids is 1. The lowest BCUT2D eigenvalue weighted by atomic mass is 9.92. The van der Waals surface area contributed by atoms with E-state index in [-0.39, 0.29) is 12.3 Å². The van der Waals surface area contributed by atoms with Crippen molar-refractivity contribution in [3.05, 3.63) is 5.82 Å². The van der Waals surface area contributed by atoms with Crippen molar-refractivity contribution in [2.75, 3.05) is 18.0 Å². The molecule has 0 unspecified atom stereocenters. The molecule has 0 aromatic carbocycles. The molecule has 1 aliphatic heterocycles. The Bertz CT molecular complexity index is 423. The van der Waals surface area contributed by atoms with Crippen LogP contribution in [0.2, 0.25) is 0 Å². The fourth-order valence-electron chi connectivity index (χ4n) is 2.33. The number of anilines is 1. The molecule has 19 heavy (non-hydrogen) atoms. The molecule has 0 atom stereocenters. The molecule has 1 aromatic heterocycles. The zero-order valence-corrected chi connectivity index (χ0v) is 11.5. The van der Waals surface area contributed by atoms with Crippen molar-refractivity contribution < 1.29 is 14.4 Å². The molecule has 2 heterocycles. The number of aliphatic carboxylic acids is 1. The molecule has 106 valence electrons. The lowest BCUT2D eigenvalue weighted by Gasteiger charge is -2.30. The first-order valence-corrected chi connectivity index (χ1v) is 6.86. The molecule has 1 aliphatic rings. The number of carboxylic acid groups (broad SMARTS) is 1. The summed E-state index contributed by atoms with van der Waals surface area (Å²) in [6.07, 6.45) is 3.02. The summed E-state index contributed by atoms with van der Waals surface area (Å²) in [5, 5.41) is 12.6. The molecule has 1 aromatic rings. The van der Waals surface area contributed by atoms with Crippen LogP contribution in [0.25, 0.3) is 0 Å². The topological polar surface area (TPSA) is 79.5 Å². The fraction of sp³-hybridized carbons (Fsp3) is 0.769. The maximum Gasteiger partial charge on any atom is 0.324 e. The SMILES string of the molecule is CC(C)c1noc(N2CCC(CCC(=O)O)CC2)n1. The number of carbonyl (C=O) groups is 1. The Morgan fingerprint density at radius 1 is 1.47 bits per heavy atom. The van der Waals surface area contributed by atoms with Gasteiger partial charge < -0.3 is 14.5 Å². The van der Waals surface area contributed by atoms with Crippen molar-refractivity contribution in [1.82, 2.24) is 10.1 Å². The van der Waals surface area contributed by atoms with Crippen molar-refractivity contribution >= 4 is 12.0 Å². The first-order chi connectivity index (χ1) is 9.06. The van der Waals surface area contributed by atoms with Crippen molar-refractivity contribution in [3.8, 4) is 0 Å². The van der Waals surface area contributed by atoms with Gasteiger partial charge in [-0.1, -0.05) is 19.0 Å². The third-order valence-electron chi connectivity index (χ3n) is 3.60. The molecule has 0 aliphatic carbocycles. The number of aromatic nitrogens is 2. The summed E-state index contributed by atoms with van der Waals surface area (Å²) in [6, 6.07) is 0.598. The maximum atomic E-state index is 10.6. The van der Waals surface area contributed by atoms with Gasteiger partial charge in [0.15, 0.2) is 5.82 Å². The molecule has 0 spiro atoms. The zero-order valence-electron chi connectivity index (χ0n) is 11.5. The third-order valence-corrected chi connectivity index (χ3v) is 3.60. The van der Waals surface area contributed by atoms with Gasteiger partial charge >= 0.3 is 12.0 Å². The number of nitrogens with zero attached hydrogens (tertiary/aromatic N) is 3. The third kappa shape index (κ3) is 3.68. The Balaban J connectivity index is 1.83. The highest BCUT2D eigenvalue weighted by molar-refractivity contribution is 5.66. The molecule has 1 fully saturated rings. The Morgan fingerprint density at radius 3 is 2.68 bits per heavy atom. The predicted molar refractivity (Wildman–Crippen MR) is 70.2 cm³/mol. The van der Waals surface area contributed by atoms with E-state index in [1.165, 1.54) is 0 Å². The van der Waals surface area contributed by atoms with Gasteiger partial charge in [-0.3, -0.25) is 4.79 Å². The average Bonchev–Trinajstić information content (AvgIpc) is 2.86. The van der Waals surface area contributed by atoms with Gasteiger partial charge in [0, 0.05) is 25.4 Å². The monoisotopic (exact) mass is 267 g/mol. The van der Waals surface area contributed by atoms with Gasteiger partial charge in [-0.05, 0) is 25.2 Å². The molecule has 2 rings (SSSR count). The van der Waals surface area contributed by atoms with E-state index in [1.54, 1.807) is 0 Å². The molecule has 0 radical (unpaired) electrons. The summed E-state index contributed by atoms with van der Waals surface area (Å²) in [7, 11) is 0. The lowest BCUT2D eigenvalue weighted by molar-refractivity contribution is -0.137. The van der Waals surface area contributed by atoms with Gasteiger partial charge in [0.1, 0.15) is 0 Å². The molecule has 0 amide bonds. The van der Waals surface area contributed by atoms with Crippen molar-refractivity contribution in [3.63, 3.8) is 0 Å². The summed E-state index contributed by atoms with van der Waals surface area (Å²) >= 11 is 0. The van der Waals surface area contributed by atoms with Crippen molar-refractivity contribution in [1.29, 1.82) is 0 Å². The Morgan fingerprint density at radius 2 is 2.16 bits per heavy atom. The highest BCUT2D eigenvalue weighted by Crippen LogP contribution is 2.25. The van der Waals surface area contributed by atoms with Gasteiger partial charge in [0.25, 0.3) is 0 Å². The van der Waals surface area contributed by atoms with E-state index >= 15 is 0 Å². The standard InChI is InChI=1S/C13H21N3O3/c1-9(2)12-14-13(19-15-12)16-7-5-10(6-8-16)3-4-11(17)18/h9-10H,3-8H2,1-2H3,(H,17,18). The van der Waals surface area contributed by atoms with Crippen LogP contribution in [0.5, 0.6) is 0 Å². The van der Waals surface area contributed by atoms with E-state index in [0.29, 0.717) is 11.9 Å². The molecule has 1 N–H and O–H groups in total. The van der Waals surface area contributed by atoms with Crippen molar-refractivity contribution in [2.45, 2.75) is 45.4 Å². The number of hydrogen-bond acceptors (Lipinski definition) is 5. The predicted octanol–water partition coefficient (Wildman–Crippen LogP) is 2.27. The van der Waals surface area contributed by atoms with Gasteiger partial charge in [-0.2, -0.15) is 4.98 Å². The second-order valence-corrected chi connectivity index (χ2v) is 5.45. The molecule has 0 saturated carbocycles. The maximum absolute atomic E-state index is 10.6. The number of rotatable bonds is 5. The summed E-state index contributed by atoms with van der Waals surface area (Å²) in [5.41, 5.74) is 0. The first-order valence-electron chi connectivity index (χ1n) is 6.86. The van der Waals surface area contributed by atoms with Crippen LogP contribution in [0.1, 0.15) is 51.3 Å². The molecular formula is C13H21N3O3. The van der Waals surface area contributed by atoms with E-state index in [2.05, 4.69) is 15.0 Å². The van der Waals surface area contributed by atoms with Crippen LogP contribution in [-0.4, -0.2) is 34.3 Å². The molecule has 0 bridgehead atoms. The van der Waals surface area contributed by atoms with Crippen LogP contribution >= 0.6 is 0 Å². The average molecular weight is 267 g/mol. The van der Waals surface area contributed by atoms with Crippen LogP contribution in [0, 0.1) is 5.92 Å². The summed E-state index contributed by atoms with van der Waals surface area (Å²) in [6.45, 7) is 5.80. The van der Waals surface area contributed by atoms with Gasteiger partial charge in [0.05, 0.1) is 0 Å². The minimum Gasteiger partial charge on any atom is -0.481 e. The fourth-order valence-corrected chi connectivity index (χ4v) is 2.33. The van der Waals surface area contributed by atoms with Gasteiger partial charge in [-0.25, -0.2) is 0 Å². The molecular weight excluding hydrogens is 246 g/mol. The second kappa shape index (κ2) is 6.04. The number of hydrogen-bond donors (Lipinski definition) is 1. The summed E-state index contributed by atoms with van der Waals surface area (Å²) < 4.78 is 5.27. The van der Waals surface area contributed by atoms with Crippen molar-refractivity contribution in [2.24, 2.45) is 5.92 Å². The molecule has 6 heteroatoms. The largest absolute Gasteiger partial charge is 0.481 e. The van der Waals surface area contributed by atoms with Crippen LogP contribution in [0.3, 0.4) is 0 Å². The highest BCUT2D eigenvalue weighted by atomic mass is 16.5. The zero-order chi connectivity index (χ0) is 13.8. The Hall–Kier alpha value is -1.59. The normalized spacial score (nSPS) is 17.1. The van der Waals surface area contributed by atoms with Crippen LogP contribution in [-0.2, 0) is 4.79 Å². The Kier molecular flexibility index (Phi) is 4.39. The quantitative estimate of drug-likeness (QED) is 0.881. The van der Waals surface area contributed by atoms with E-state index in [9.17, 15) is 4.79 Å². The van der Waals surface area contributed by atoms with E-state index in [0.717, 1.165) is 38.2 Å². The van der Waals surface area contributed by atoms with E-state index in [4.69, 9.17) is 9.63 Å². The van der Waals surface area contributed by atoms with E-state index in [1.807, 2.05) is 13.8 Å². The summed E-state index contributed by atoms with van der Waals surface area (Å²) in [5.74, 6) is 0.800. The van der Waals surface area contributed by atoms with Gasteiger partial charge in [-0.15, -0.1) is 0 Å². The lowest BCUT2D eigenvalue weighted by Crippen LogP contribution is -2.34. The first kappa shape index (κ1) is 13.8. The molecule has 6 nitrogen and oxygen atoms in total. The minimum absolute atomic E-state index is 0.267. The number of piperidine rings is 1. The second-order valence-electron chi connectivity index (χ2n) is 5.45. The van der Waals surface area contributed by atoms with E-state index < -0.39 is 5.97 Å². The molecule has 1 saturated heterocycles. The Labute approximate surface area is 112 Å². The van der Waals surface area contributed by atoms with Crippen LogP contribution < -0.4 is 4.90 Å². The smallest absolute Gasteiger partial charge is 0.324 e. The highest BCUT2D eigenvalue weighted by Gasteiger charge is 2.23.